The number of imide groups is 1. The summed E-state index contributed by atoms with van der Waals surface area (Å²) in [6, 6.07) is 8.32. The van der Waals surface area contributed by atoms with Gasteiger partial charge in [0.1, 0.15) is 5.60 Å². The smallest absolute Gasteiger partial charge is 0.410 e. The van der Waals surface area contributed by atoms with E-state index in [4.69, 9.17) is 4.74 Å². The predicted octanol–water partition coefficient (Wildman–Crippen LogP) is 2.99. The molecule has 2 aliphatic rings. The van der Waals surface area contributed by atoms with Gasteiger partial charge in [-0.2, -0.15) is 0 Å². The van der Waals surface area contributed by atoms with Crippen LogP contribution in [-0.4, -0.2) is 61.1 Å². The summed E-state index contributed by atoms with van der Waals surface area (Å²) >= 11 is 0. The Morgan fingerprint density at radius 2 is 1.94 bits per heavy atom. The molecule has 1 atom stereocenters. The Kier molecular flexibility index (Phi) is 7.08. The van der Waals surface area contributed by atoms with E-state index in [2.05, 4.69) is 27.7 Å². The van der Waals surface area contributed by atoms with Crippen LogP contribution in [-0.2, 0) is 14.3 Å². The predicted molar refractivity (Wildman–Crippen MR) is 120 cm³/mol. The van der Waals surface area contributed by atoms with Gasteiger partial charge in [-0.05, 0) is 58.2 Å². The normalized spacial score (nSPS) is 20.3. The van der Waals surface area contributed by atoms with Crippen LogP contribution < -0.4 is 15.5 Å². The van der Waals surface area contributed by atoms with Gasteiger partial charge in [-0.3, -0.25) is 14.9 Å². The van der Waals surface area contributed by atoms with Crippen LogP contribution in [0.1, 0.15) is 46.5 Å². The summed E-state index contributed by atoms with van der Waals surface area (Å²) in [7, 11) is 1.81. The zero-order valence-corrected chi connectivity index (χ0v) is 18.9. The van der Waals surface area contributed by atoms with Crippen LogP contribution in [0.4, 0.5) is 16.2 Å². The molecule has 0 aromatic heterocycles. The first-order valence-electron chi connectivity index (χ1n) is 11.0. The Morgan fingerprint density at radius 3 is 2.58 bits per heavy atom. The van der Waals surface area contributed by atoms with Gasteiger partial charge in [-0.15, -0.1) is 0 Å². The lowest BCUT2D eigenvalue weighted by molar-refractivity contribution is -0.135. The highest BCUT2D eigenvalue weighted by atomic mass is 16.6. The third-order valence-electron chi connectivity index (χ3n) is 5.81. The van der Waals surface area contributed by atoms with E-state index in [1.165, 1.54) is 0 Å². The standard InChI is InChI=1S/C23H34N4O4/c1-23(2,3)31-22(30)26(4)18-10-12-27(13-11-18)19-7-5-6-17(14-19)24-15-16-8-9-20(28)25-21(16)29/h5-7,14,16,18,24H,8-13,15H2,1-4H3,(H,25,28,29)/t16-/m1/s1. The second kappa shape index (κ2) is 9.58. The molecule has 0 aliphatic carbocycles. The van der Waals surface area contributed by atoms with Crippen molar-refractivity contribution in [3.8, 4) is 0 Å². The fourth-order valence-corrected chi connectivity index (χ4v) is 3.98. The van der Waals surface area contributed by atoms with E-state index in [9.17, 15) is 14.4 Å². The maximum absolute atomic E-state index is 12.3. The monoisotopic (exact) mass is 430 g/mol. The number of anilines is 2. The summed E-state index contributed by atoms with van der Waals surface area (Å²) in [5.74, 6) is -0.583. The third-order valence-corrected chi connectivity index (χ3v) is 5.81. The number of ether oxygens (including phenoxy) is 1. The van der Waals surface area contributed by atoms with Gasteiger partial charge in [0.05, 0.1) is 5.92 Å². The maximum Gasteiger partial charge on any atom is 0.410 e. The highest BCUT2D eigenvalue weighted by Crippen LogP contribution is 2.26. The number of nitrogens with one attached hydrogen (secondary N) is 2. The van der Waals surface area contributed by atoms with E-state index in [0.29, 0.717) is 19.4 Å². The Labute approximate surface area is 184 Å². The molecule has 8 heteroatoms. The topological polar surface area (TPSA) is 91.0 Å². The lowest BCUT2D eigenvalue weighted by Crippen LogP contribution is -2.47. The summed E-state index contributed by atoms with van der Waals surface area (Å²) in [6.45, 7) is 7.85. The van der Waals surface area contributed by atoms with Gasteiger partial charge in [0.2, 0.25) is 11.8 Å². The van der Waals surface area contributed by atoms with Crippen LogP contribution in [0, 0.1) is 5.92 Å². The summed E-state index contributed by atoms with van der Waals surface area (Å²) in [6.07, 6.45) is 2.46. The molecule has 2 heterocycles. The zero-order chi connectivity index (χ0) is 22.6. The molecular weight excluding hydrogens is 396 g/mol. The van der Waals surface area contributed by atoms with E-state index in [-0.39, 0.29) is 29.9 Å². The number of nitrogens with zero attached hydrogens (tertiary/aromatic N) is 2. The SMILES string of the molecule is CN(C(=O)OC(C)(C)C)C1CCN(c2cccc(NC[C@H]3CCC(=O)NC3=O)c2)CC1. The van der Waals surface area contributed by atoms with Crippen molar-refractivity contribution >= 4 is 29.3 Å². The number of benzene rings is 1. The second-order valence-electron chi connectivity index (χ2n) is 9.39. The van der Waals surface area contributed by atoms with Crippen LogP contribution in [0.5, 0.6) is 0 Å². The lowest BCUT2D eigenvalue weighted by atomic mass is 9.98. The largest absolute Gasteiger partial charge is 0.444 e. The molecule has 31 heavy (non-hydrogen) atoms. The Balaban J connectivity index is 1.51. The molecule has 0 bridgehead atoms. The zero-order valence-electron chi connectivity index (χ0n) is 18.9. The molecule has 2 fully saturated rings. The van der Waals surface area contributed by atoms with Crippen molar-refractivity contribution < 1.29 is 19.1 Å². The lowest BCUT2D eigenvalue weighted by Gasteiger charge is -2.38. The van der Waals surface area contributed by atoms with Gasteiger partial charge in [-0.25, -0.2) is 4.79 Å². The third kappa shape index (κ3) is 6.35. The highest BCUT2D eigenvalue weighted by Gasteiger charge is 2.29. The molecule has 2 aliphatic heterocycles. The summed E-state index contributed by atoms with van der Waals surface area (Å²) in [4.78, 5) is 39.6. The molecular formula is C23H34N4O4. The van der Waals surface area contributed by atoms with E-state index >= 15 is 0 Å². The number of hydrogen-bond donors (Lipinski definition) is 2. The summed E-state index contributed by atoms with van der Waals surface area (Å²) in [5, 5.41) is 5.73. The minimum absolute atomic E-state index is 0.167. The van der Waals surface area contributed by atoms with Crippen molar-refractivity contribution in [3.63, 3.8) is 0 Å². The molecule has 1 aromatic carbocycles. The molecule has 2 N–H and O–H groups in total. The van der Waals surface area contributed by atoms with E-state index in [0.717, 1.165) is 37.3 Å². The average molecular weight is 431 g/mol. The fourth-order valence-electron chi connectivity index (χ4n) is 3.98. The van der Waals surface area contributed by atoms with Gasteiger partial charge in [0.25, 0.3) is 0 Å². The quantitative estimate of drug-likeness (QED) is 0.698. The van der Waals surface area contributed by atoms with Crippen LogP contribution in [0.2, 0.25) is 0 Å². The van der Waals surface area contributed by atoms with Crippen LogP contribution in [0.3, 0.4) is 0 Å². The van der Waals surface area contributed by atoms with Gasteiger partial charge in [-0.1, -0.05) is 6.07 Å². The van der Waals surface area contributed by atoms with E-state index in [1.807, 2.05) is 40.0 Å². The molecule has 2 saturated heterocycles. The first kappa shape index (κ1) is 22.9. The number of hydrogen-bond acceptors (Lipinski definition) is 6. The Bertz CT molecular complexity index is 812. The highest BCUT2D eigenvalue weighted by molar-refractivity contribution is 5.98. The average Bonchev–Trinajstić information content (AvgIpc) is 2.72. The van der Waals surface area contributed by atoms with Crippen molar-refractivity contribution in [2.75, 3.05) is 36.9 Å². The Morgan fingerprint density at radius 1 is 1.23 bits per heavy atom. The molecule has 1 aromatic rings. The number of amides is 3. The fraction of sp³-hybridized carbons (Fsp3) is 0.609. The molecule has 8 nitrogen and oxygen atoms in total. The van der Waals surface area contributed by atoms with E-state index < -0.39 is 5.60 Å². The van der Waals surface area contributed by atoms with Crippen LogP contribution in [0.25, 0.3) is 0 Å². The number of carbonyl (C=O) groups is 3. The van der Waals surface area contributed by atoms with Crippen molar-refractivity contribution in [2.45, 2.75) is 58.1 Å². The summed E-state index contributed by atoms with van der Waals surface area (Å²) < 4.78 is 5.49. The number of rotatable bonds is 5. The molecule has 3 rings (SSSR count). The van der Waals surface area contributed by atoms with Crippen molar-refractivity contribution in [3.05, 3.63) is 24.3 Å². The molecule has 3 amide bonds. The molecule has 0 unspecified atom stereocenters. The van der Waals surface area contributed by atoms with Crippen molar-refractivity contribution in [1.29, 1.82) is 0 Å². The molecule has 0 saturated carbocycles. The molecule has 0 radical (unpaired) electrons. The van der Waals surface area contributed by atoms with Gasteiger partial charge >= 0.3 is 6.09 Å². The maximum atomic E-state index is 12.3. The number of carbonyl (C=O) groups excluding carboxylic acids is 3. The van der Waals surface area contributed by atoms with Crippen LogP contribution in [0.15, 0.2) is 24.3 Å². The first-order valence-corrected chi connectivity index (χ1v) is 11.0. The van der Waals surface area contributed by atoms with Gasteiger partial charge in [0, 0.05) is 50.5 Å². The van der Waals surface area contributed by atoms with Crippen molar-refractivity contribution in [1.82, 2.24) is 10.2 Å². The minimum atomic E-state index is -0.493. The molecule has 0 spiro atoms. The molecule has 170 valence electrons. The van der Waals surface area contributed by atoms with Gasteiger partial charge in [0.15, 0.2) is 0 Å². The number of piperidine rings is 2. The van der Waals surface area contributed by atoms with Crippen LogP contribution >= 0.6 is 0 Å². The second-order valence-corrected chi connectivity index (χ2v) is 9.39. The minimum Gasteiger partial charge on any atom is -0.444 e. The van der Waals surface area contributed by atoms with Crippen molar-refractivity contribution in [2.24, 2.45) is 5.92 Å². The van der Waals surface area contributed by atoms with E-state index in [1.54, 1.807) is 4.90 Å². The summed E-state index contributed by atoms with van der Waals surface area (Å²) in [5.41, 5.74) is 1.58. The first-order chi connectivity index (χ1) is 14.6. The van der Waals surface area contributed by atoms with Gasteiger partial charge < -0.3 is 19.9 Å². The Hall–Kier alpha value is -2.77.